The highest BCUT2D eigenvalue weighted by molar-refractivity contribution is 5.25. The molecule has 1 aromatic carbocycles. The van der Waals surface area contributed by atoms with E-state index in [0.29, 0.717) is 6.04 Å². The fraction of sp³-hybridized carbons (Fsp3) is 0.600. The lowest BCUT2D eigenvalue weighted by atomic mass is 10.1. The number of hydrogen-bond donors (Lipinski definition) is 1. The molecule has 0 fully saturated rings. The Bertz CT molecular complexity index is 341. The van der Waals surface area contributed by atoms with Crippen molar-refractivity contribution in [1.29, 1.82) is 0 Å². The fourth-order valence-corrected chi connectivity index (χ4v) is 1.97. The topological polar surface area (TPSA) is 24.5 Å². The second kappa shape index (κ2) is 8.25. The summed E-state index contributed by atoms with van der Waals surface area (Å²) in [7, 11) is 3.90. The Hall–Kier alpha value is -0.900. The van der Waals surface area contributed by atoms with Crippen LogP contribution >= 0.6 is 0 Å². The molecular formula is C15H26N2O. The van der Waals surface area contributed by atoms with E-state index in [4.69, 9.17) is 4.74 Å². The van der Waals surface area contributed by atoms with Crippen LogP contribution in [0.25, 0.3) is 0 Å². The van der Waals surface area contributed by atoms with Gasteiger partial charge in [0.25, 0.3) is 0 Å². The van der Waals surface area contributed by atoms with Crippen LogP contribution in [-0.4, -0.2) is 44.8 Å². The summed E-state index contributed by atoms with van der Waals surface area (Å²) in [6.45, 7) is 8.12. The first kappa shape index (κ1) is 15.2. The molecule has 1 unspecified atom stereocenters. The molecule has 102 valence electrons. The number of aryl methyl sites for hydroxylation is 1. The number of benzene rings is 1. The Morgan fingerprint density at radius 2 is 2.06 bits per heavy atom. The molecule has 0 heterocycles. The number of rotatable bonds is 8. The predicted molar refractivity (Wildman–Crippen MR) is 76.9 cm³/mol. The van der Waals surface area contributed by atoms with Crippen LogP contribution < -0.4 is 5.32 Å². The lowest BCUT2D eigenvalue weighted by Gasteiger charge is -2.20. The zero-order valence-corrected chi connectivity index (χ0v) is 12.1. The summed E-state index contributed by atoms with van der Waals surface area (Å²) in [6.07, 6.45) is 0. The molecule has 0 aliphatic rings. The van der Waals surface area contributed by atoms with E-state index in [1.165, 1.54) is 11.1 Å². The largest absolute Gasteiger partial charge is 0.383 e. The molecule has 0 saturated heterocycles. The van der Waals surface area contributed by atoms with Crippen molar-refractivity contribution in [2.75, 3.05) is 33.9 Å². The number of likely N-dealkylation sites (N-methyl/N-ethyl adjacent to an activating group) is 1. The molecule has 0 radical (unpaired) electrons. The van der Waals surface area contributed by atoms with Gasteiger partial charge in [-0.1, -0.05) is 24.3 Å². The van der Waals surface area contributed by atoms with Gasteiger partial charge in [0.2, 0.25) is 0 Å². The van der Waals surface area contributed by atoms with E-state index in [2.05, 4.69) is 55.4 Å². The SMILES string of the molecule is COCC(C)NCCN(C)Cc1ccccc1C. The van der Waals surface area contributed by atoms with E-state index in [9.17, 15) is 0 Å². The van der Waals surface area contributed by atoms with Crippen LogP contribution in [0.4, 0.5) is 0 Å². The molecule has 0 aliphatic heterocycles. The number of nitrogens with one attached hydrogen (secondary N) is 1. The van der Waals surface area contributed by atoms with E-state index in [-0.39, 0.29) is 0 Å². The molecule has 18 heavy (non-hydrogen) atoms. The lowest BCUT2D eigenvalue weighted by Crippen LogP contribution is -2.36. The summed E-state index contributed by atoms with van der Waals surface area (Å²) in [6, 6.07) is 8.98. The molecule has 3 heteroatoms. The normalized spacial score (nSPS) is 12.9. The van der Waals surface area contributed by atoms with Gasteiger partial charge in [0.15, 0.2) is 0 Å². The third kappa shape index (κ3) is 5.63. The molecule has 1 rings (SSSR count). The standard InChI is InChI=1S/C15H26N2O/c1-13-7-5-6-8-15(13)11-17(3)10-9-16-14(2)12-18-4/h5-8,14,16H,9-12H2,1-4H3. The van der Waals surface area contributed by atoms with Gasteiger partial charge in [-0.25, -0.2) is 0 Å². The van der Waals surface area contributed by atoms with Crippen molar-refractivity contribution in [3.8, 4) is 0 Å². The average Bonchev–Trinajstić information content (AvgIpc) is 2.32. The van der Waals surface area contributed by atoms with Gasteiger partial charge in [-0.15, -0.1) is 0 Å². The molecule has 0 aliphatic carbocycles. The monoisotopic (exact) mass is 250 g/mol. The lowest BCUT2D eigenvalue weighted by molar-refractivity contribution is 0.170. The molecule has 1 aromatic rings. The van der Waals surface area contributed by atoms with E-state index < -0.39 is 0 Å². The molecule has 1 atom stereocenters. The Labute approximate surface area is 111 Å². The molecule has 0 amide bonds. The molecule has 0 aromatic heterocycles. The average molecular weight is 250 g/mol. The Balaban J connectivity index is 2.26. The third-order valence-electron chi connectivity index (χ3n) is 3.10. The second-order valence-electron chi connectivity index (χ2n) is 4.97. The van der Waals surface area contributed by atoms with Crippen LogP contribution in [-0.2, 0) is 11.3 Å². The quantitative estimate of drug-likeness (QED) is 0.764. The highest BCUT2D eigenvalue weighted by Gasteiger charge is 2.04. The highest BCUT2D eigenvalue weighted by Crippen LogP contribution is 2.08. The van der Waals surface area contributed by atoms with E-state index >= 15 is 0 Å². The minimum atomic E-state index is 0.418. The summed E-state index contributed by atoms with van der Waals surface area (Å²) in [5.41, 5.74) is 2.77. The van der Waals surface area contributed by atoms with Crippen LogP contribution in [0.1, 0.15) is 18.1 Å². The zero-order valence-electron chi connectivity index (χ0n) is 12.1. The van der Waals surface area contributed by atoms with Crippen molar-refractivity contribution in [3.63, 3.8) is 0 Å². The van der Waals surface area contributed by atoms with Gasteiger partial charge < -0.3 is 15.0 Å². The highest BCUT2D eigenvalue weighted by atomic mass is 16.5. The van der Waals surface area contributed by atoms with Crippen molar-refractivity contribution in [2.24, 2.45) is 0 Å². The van der Waals surface area contributed by atoms with E-state index in [1.54, 1.807) is 7.11 Å². The maximum absolute atomic E-state index is 5.10. The van der Waals surface area contributed by atoms with E-state index in [0.717, 1.165) is 26.2 Å². The summed E-state index contributed by atoms with van der Waals surface area (Å²) in [4.78, 5) is 2.34. The predicted octanol–water partition coefficient (Wildman–Crippen LogP) is 2.05. The molecule has 0 saturated carbocycles. The molecule has 0 spiro atoms. The van der Waals surface area contributed by atoms with Crippen LogP contribution in [0.3, 0.4) is 0 Å². The first-order valence-corrected chi connectivity index (χ1v) is 6.59. The van der Waals surface area contributed by atoms with Crippen LogP contribution in [0.15, 0.2) is 24.3 Å². The van der Waals surface area contributed by atoms with Gasteiger partial charge in [0.05, 0.1) is 6.61 Å². The number of ether oxygens (including phenoxy) is 1. The maximum atomic E-state index is 5.10. The van der Waals surface area contributed by atoms with Crippen LogP contribution in [0.2, 0.25) is 0 Å². The van der Waals surface area contributed by atoms with Crippen molar-refractivity contribution < 1.29 is 4.74 Å². The minimum Gasteiger partial charge on any atom is -0.383 e. The smallest absolute Gasteiger partial charge is 0.0613 e. The maximum Gasteiger partial charge on any atom is 0.0613 e. The second-order valence-corrected chi connectivity index (χ2v) is 4.97. The first-order valence-electron chi connectivity index (χ1n) is 6.59. The van der Waals surface area contributed by atoms with Gasteiger partial charge in [-0.3, -0.25) is 0 Å². The Morgan fingerprint density at radius 1 is 1.33 bits per heavy atom. The van der Waals surface area contributed by atoms with E-state index in [1.807, 2.05) is 0 Å². The molecule has 1 N–H and O–H groups in total. The Kier molecular flexibility index (Phi) is 6.94. The fourth-order valence-electron chi connectivity index (χ4n) is 1.97. The van der Waals surface area contributed by atoms with Gasteiger partial charge in [0.1, 0.15) is 0 Å². The zero-order chi connectivity index (χ0) is 13.4. The van der Waals surface area contributed by atoms with Gasteiger partial charge in [-0.05, 0) is 32.0 Å². The third-order valence-corrected chi connectivity index (χ3v) is 3.10. The van der Waals surface area contributed by atoms with Gasteiger partial charge in [-0.2, -0.15) is 0 Å². The summed E-state index contributed by atoms with van der Waals surface area (Å²) >= 11 is 0. The Morgan fingerprint density at radius 3 is 2.72 bits per heavy atom. The molecule has 3 nitrogen and oxygen atoms in total. The number of methoxy groups -OCH3 is 1. The van der Waals surface area contributed by atoms with Crippen LogP contribution in [0, 0.1) is 6.92 Å². The minimum absolute atomic E-state index is 0.418. The number of hydrogen-bond acceptors (Lipinski definition) is 3. The van der Waals surface area contributed by atoms with Gasteiger partial charge in [0, 0.05) is 32.8 Å². The van der Waals surface area contributed by atoms with Crippen molar-refractivity contribution in [3.05, 3.63) is 35.4 Å². The van der Waals surface area contributed by atoms with Crippen molar-refractivity contribution in [1.82, 2.24) is 10.2 Å². The van der Waals surface area contributed by atoms with Crippen molar-refractivity contribution >= 4 is 0 Å². The molecular weight excluding hydrogens is 224 g/mol. The molecule has 0 bridgehead atoms. The summed E-state index contributed by atoms with van der Waals surface area (Å²) < 4.78 is 5.10. The number of nitrogens with zero attached hydrogens (tertiary/aromatic N) is 1. The summed E-state index contributed by atoms with van der Waals surface area (Å²) in [5, 5.41) is 3.45. The first-order chi connectivity index (χ1) is 8.63. The van der Waals surface area contributed by atoms with Crippen LogP contribution in [0.5, 0.6) is 0 Å². The summed E-state index contributed by atoms with van der Waals surface area (Å²) in [5.74, 6) is 0. The van der Waals surface area contributed by atoms with Gasteiger partial charge >= 0.3 is 0 Å². The van der Waals surface area contributed by atoms with Crippen molar-refractivity contribution in [2.45, 2.75) is 26.4 Å².